The van der Waals surface area contributed by atoms with Crippen LogP contribution >= 0.6 is 0 Å². The van der Waals surface area contributed by atoms with Crippen LogP contribution in [-0.4, -0.2) is 10.8 Å². The number of ketones is 1. The quantitative estimate of drug-likeness (QED) is 0.738. The molecule has 0 N–H and O–H groups in total. The van der Waals surface area contributed by atoms with Gasteiger partial charge in [-0.1, -0.05) is 25.1 Å². The average molecular weight is 215 g/mol. The second-order valence-electron chi connectivity index (χ2n) is 3.62. The lowest BCUT2D eigenvalue weighted by molar-refractivity contribution is 0.0988. The summed E-state index contributed by atoms with van der Waals surface area (Å²) in [6.07, 6.45) is 2.07. The Morgan fingerprint density at radius 3 is 2.75 bits per heavy atom. The third kappa shape index (κ3) is 1.89. The van der Waals surface area contributed by atoms with Crippen LogP contribution in [-0.2, 0) is 0 Å². The summed E-state index contributed by atoms with van der Waals surface area (Å²) in [5, 5.41) is 0. The van der Waals surface area contributed by atoms with Crippen LogP contribution in [0.25, 0.3) is 11.5 Å². The van der Waals surface area contributed by atoms with Gasteiger partial charge in [0.2, 0.25) is 5.89 Å². The van der Waals surface area contributed by atoms with Gasteiger partial charge in [0, 0.05) is 17.5 Å². The largest absolute Gasteiger partial charge is 0.444 e. The minimum absolute atomic E-state index is 0.103. The van der Waals surface area contributed by atoms with E-state index in [1.54, 1.807) is 12.3 Å². The van der Waals surface area contributed by atoms with Crippen LogP contribution < -0.4 is 0 Å². The van der Waals surface area contributed by atoms with E-state index in [2.05, 4.69) is 4.98 Å². The van der Waals surface area contributed by atoms with Gasteiger partial charge in [-0.3, -0.25) is 4.79 Å². The van der Waals surface area contributed by atoms with Gasteiger partial charge in [0.25, 0.3) is 0 Å². The van der Waals surface area contributed by atoms with Gasteiger partial charge < -0.3 is 4.42 Å². The Morgan fingerprint density at radius 2 is 2.12 bits per heavy atom. The van der Waals surface area contributed by atoms with Gasteiger partial charge in [-0.05, 0) is 13.0 Å². The van der Waals surface area contributed by atoms with E-state index in [4.69, 9.17) is 4.42 Å². The zero-order valence-electron chi connectivity index (χ0n) is 9.36. The lowest BCUT2D eigenvalue weighted by Gasteiger charge is -2.03. The number of aromatic nitrogens is 1. The Hall–Kier alpha value is -1.90. The maximum absolute atomic E-state index is 11.7. The molecular weight excluding hydrogens is 202 g/mol. The molecule has 2 aromatic rings. The van der Waals surface area contributed by atoms with Crippen molar-refractivity contribution in [2.24, 2.45) is 0 Å². The molecule has 0 fully saturated rings. The molecule has 82 valence electrons. The van der Waals surface area contributed by atoms with E-state index < -0.39 is 0 Å². The minimum atomic E-state index is 0.103. The van der Waals surface area contributed by atoms with Gasteiger partial charge >= 0.3 is 0 Å². The van der Waals surface area contributed by atoms with Gasteiger partial charge in [-0.15, -0.1) is 0 Å². The van der Waals surface area contributed by atoms with Crippen molar-refractivity contribution in [3.05, 3.63) is 41.8 Å². The van der Waals surface area contributed by atoms with E-state index in [1.165, 1.54) is 0 Å². The highest BCUT2D eigenvalue weighted by Gasteiger charge is 2.13. The number of carbonyl (C=O) groups excluding carboxylic acids is 1. The lowest BCUT2D eigenvalue weighted by atomic mass is 10.0. The van der Waals surface area contributed by atoms with Crippen LogP contribution in [0, 0.1) is 6.92 Å². The number of Topliss-reactive ketones (excluding diaryl/α,β-unsaturated/α-hetero) is 1. The molecule has 0 radical (unpaired) electrons. The summed E-state index contributed by atoms with van der Waals surface area (Å²) >= 11 is 0. The average Bonchev–Trinajstić information content (AvgIpc) is 2.75. The van der Waals surface area contributed by atoms with Crippen molar-refractivity contribution in [2.45, 2.75) is 20.3 Å². The van der Waals surface area contributed by atoms with Crippen molar-refractivity contribution < 1.29 is 9.21 Å². The van der Waals surface area contributed by atoms with Crippen molar-refractivity contribution in [1.82, 2.24) is 4.98 Å². The summed E-state index contributed by atoms with van der Waals surface area (Å²) in [5.41, 5.74) is 2.25. The fourth-order valence-corrected chi connectivity index (χ4v) is 1.58. The smallest absolute Gasteiger partial charge is 0.226 e. The first-order valence-electron chi connectivity index (χ1n) is 5.27. The zero-order chi connectivity index (χ0) is 11.5. The molecule has 16 heavy (non-hydrogen) atoms. The number of hydrogen-bond donors (Lipinski definition) is 0. The van der Waals surface area contributed by atoms with Gasteiger partial charge in [0.05, 0.1) is 5.69 Å². The molecule has 0 saturated carbocycles. The van der Waals surface area contributed by atoms with Crippen molar-refractivity contribution in [3.63, 3.8) is 0 Å². The first-order valence-corrected chi connectivity index (χ1v) is 5.27. The van der Waals surface area contributed by atoms with E-state index >= 15 is 0 Å². The fourth-order valence-electron chi connectivity index (χ4n) is 1.58. The first kappa shape index (κ1) is 10.6. The molecule has 0 amide bonds. The molecule has 0 bridgehead atoms. The third-order valence-corrected chi connectivity index (χ3v) is 2.40. The predicted octanol–water partition coefficient (Wildman–Crippen LogP) is 3.24. The molecule has 0 saturated heterocycles. The molecule has 3 heteroatoms. The Morgan fingerprint density at radius 1 is 1.38 bits per heavy atom. The normalized spacial score (nSPS) is 10.4. The molecule has 2 rings (SSSR count). The molecule has 3 nitrogen and oxygen atoms in total. The molecule has 0 aliphatic carbocycles. The van der Waals surface area contributed by atoms with Gasteiger partial charge in [-0.25, -0.2) is 4.98 Å². The summed E-state index contributed by atoms with van der Waals surface area (Å²) in [4.78, 5) is 16.0. The van der Waals surface area contributed by atoms with E-state index in [9.17, 15) is 4.79 Å². The first-order chi connectivity index (χ1) is 7.72. The maximum Gasteiger partial charge on any atom is 0.226 e. The number of aryl methyl sites for hydroxylation is 1. The van der Waals surface area contributed by atoms with E-state index in [1.807, 2.05) is 32.0 Å². The van der Waals surface area contributed by atoms with Crippen molar-refractivity contribution in [3.8, 4) is 11.5 Å². The highest BCUT2D eigenvalue weighted by atomic mass is 16.3. The topological polar surface area (TPSA) is 43.1 Å². The molecule has 1 aromatic heterocycles. The number of hydrogen-bond acceptors (Lipinski definition) is 3. The number of oxazole rings is 1. The van der Waals surface area contributed by atoms with Crippen molar-refractivity contribution in [1.29, 1.82) is 0 Å². The van der Waals surface area contributed by atoms with Gasteiger partial charge in [-0.2, -0.15) is 0 Å². The SMILES string of the molecule is CCC(=O)c1ccccc1-c1nc(C)co1. The standard InChI is InChI=1S/C13H13NO2/c1-3-12(15)10-6-4-5-7-11(10)13-14-9(2)8-16-13/h4-8H,3H2,1-2H3. The monoisotopic (exact) mass is 215 g/mol. The number of nitrogens with zero attached hydrogens (tertiary/aromatic N) is 1. The second kappa shape index (κ2) is 4.31. The highest BCUT2D eigenvalue weighted by molar-refractivity contribution is 6.01. The van der Waals surface area contributed by atoms with Crippen molar-refractivity contribution in [2.75, 3.05) is 0 Å². The predicted molar refractivity (Wildman–Crippen MR) is 61.3 cm³/mol. The molecule has 1 aromatic carbocycles. The maximum atomic E-state index is 11.7. The Kier molecular flexibility index (Phi) is 2.86. The number of benzene rings is 1. The summed E-state index contributed by atoms with van der Waals surface area (Å²) in [7, 11) is 0. The van der Waals surface area contributed by atoms with Crippen LogP contribution in [0.2, 0.25) is 0 Å². The molecule has 0 unspecified atom stereocenters. The summed E-state index contributed by atoms with van der Waals surface area (Å²) in [5.74, 6) is 0.612. The number of carbonyl (C=O) groups is 1. The summed E-state index contributed by atoms with van der Waals surface area (Å²) in [6, 6.07) is 7.39. The highest BCUT2D eigenvalue weighted by Crippen LogP contribution is 2.23. The Balaban J connectivity index is 2.52. The molecule has 0 aliphatic rings. The van der Waals surface area contributed by atoms with Crippen LogP contribution in [0.5, 0.6) is 0 Å². The second-order valence-corrected chi connectivity index (χ2v) is 3.62. The summed E-state index contributed by atoms with van der Waals surface area (Å²) in [6.45, 7) is 3.71. The Labute approximate surface area is 94.1 Å². The zero-order valence-corrected chi connectivity index (χ0v) is 9.36. The van der Waals surface area contributed by atoms with Gasteiger partial charge in [0.1, 0.15) is 6.26 Å². The molecule has 0 atom stereocenters. The van der Waals surface area contributed by atoms with E-state index in [0.717, 1.165) is 11.3 Å². The lowest BCUT2D eigenvalue weighted by Crippen LogP contribution is -1.99. The van der Waals surface area contributed by atoms with E-state index in [0.29, 0.717) is 17.9 Å². The summed E-state index contributed by atoms with van der Waals surface area (Å²) < 4.78 is 5.32. The minimum Gasteiger partial charge on any atom is -0.444 e. The van der Waals surface area contributed by atoms with Crippen LogP contribution in [0.1, 0.15) is 29.4 Å². The van der Waals surface area contributed by atoms with Gasteiger partial charge in [0.15, 0.2) is 5.78 Å². The third-order valence-electron chi connectivity index (χ3n) is 2.40. The van der Waals surface area contributed by atoms with Crippen LogP contribution in [0.4, 0.5) is 0 Å². The molecule has 0 aliphatic heterocycles. The van der Waals surface area contributed by atoms with Crippen LogP contribution in [0.3, 0.4) is 0 Å². The van der Waals surface area contributed by atoms with Crippen LogP contribution in [0.15, 0.2) is 34.9 Å². The van der Waals surface area contributed by atoms with E-state index in [-0.39, 0.29) is 5.78 Å². The Bertz CT molecular complexity index is 514. The number of rotatable bonds is 3. The molecule has 1 heterocycles. The molecule has 0 spiro atoms. The fraction of sp³-hybridized carbons (Fsp3) is 0.231. The van der Waals surface area contributed by atoms with Crippen molar-refractivity contribution >= 4 is 5.78 Å². The molecular formula is C13H13NO2.